The summed E-state index contributed by atoms with van der Waals surface area (Å²) >= 11 is 0. The van der Waals surface area contributed by atoms with Crippen molar-refractivity contribution in [3.8, 4) is 0 Å². The van der Waals surface area contributed by atoms with Crippen molar-refractivity contribution in [2.75, 3.05) is 6.61 Å². The van der Waals surface area contributed by atoms with Crippen LogP contribution in [0.15, 0.2) is 54.7 Å². The average molecular weight is 404 g/mol. The average Bonchev–Trinajstić information content (AvgIpc) is 3.21. The van der Waals surface area contributed by atoms with Crippen LogP contribution in [0.3, 0.4) is 0 Å². The van der Waals surface area contributed by atoms with Crippen molar-refractivity contribution in [3.63, 3.8) is 0 Å². The second-order valence-corrected chi connectivity index (χ2v) is 8.25. The first kappa shape index (κ1) is 20.4. The molecule has 1 aromatic heterocycles. The summed E-state index contributed by atoms with van der Waals surface area (Å²) in [5.41, 5.74) is 4.24. The molecule has 2 aromatic carbocycles. The van der Waals surface area contributed by atoms with Gasteiger partial charge in [0.15, 0.2) is 12.4 Å². The number of aromatic nitrogens is 1. The molecule has 3 aromatic rings. The first-order valence-electron chi connectivity index (χ1n) is 11.0. The number of carbonyl (C=O) groups excluding carboxylic acids is 2. The first-order valence-corrected chi connectivity index (χ1v) is 11.0. The maximum Gasteiger partial charge on any atom is 0.306 e. The zero-order chi connectivity index (χ0) is 20.8. The maximum atomic E-state index is 12.4. The molecule has 1 fully saturated rings. The van der Waals surface area contributed by atoms with Gasteiger partial charge in [0.1, 0.15) is 0 Å². The predicted molar refractivity (Wildman–Crippen MR) is 119 cm³/mol. The largest absolute Gasteiger partial charge is 0.457 e. The van der Waals surface area contributed by atoms with E-state index in [1.807, 2.05) is 36.5 Å². The van der Waals surface area contributed by atoms with Crippen molar-refractivity contribution in [1.82, 2.24) is 4.98 Å². The maximum absolute atomic E-state index is 12.4. The topological polar surface area (TPSA) is 59.2 Å². The highest BCUT2D eigenvalue weighted by Crippen LogP contribution is 2.32. The molecule has 0 spiro atoms. The van der Waals surface area contributed by atoms with E-state index >= 15 is 0 Å². The molecule has 30 heavy (non-hydrogen) atoms. The molecule has 0 saturated heterocycles. The van der Waals surface area contributed by atoms with Crippen molar-refractivity contribution in [2.45, 2.75) is 57.3 Å². The zero-order valence-corrected chi connectivity index (χ0v) is 17.4. The minimum Gasteiger partial charge on any atom is -0.457 e. The van der Waals surface area contributed by atoms with Gasteiger partial charge in [0.05, 0.1) is 0 Å². The minimum atomic E-state index is -0.318. The number of nitrogens with one attached hydrogen (secondary N) is 1. The van der Waals surface area contributed by atoms with Gasteiger partial charge in [-0.3, -0.25) is 9.59 Å². The van der Waals surface area contributed by atoms with Crippen LogP contribution in [0, 0.1) is 0 Å². The SMILES string of the molecule is O=C(CCCc1c[nH]c2ccccc12)OCC(=O)c1ccc(C2CCCCC2)cc1. The number of fused-ring (bicyclic) bond motifs is 1. The molecule has 1 N–H and O–H groups in total. The van der Waals surface area contributed by atoms with Gasteiger partial charge < -0.3 is 9.72 Å². The second kappa shape index (κ2) is 9.75. The molecule has 1 heterocycles. The van der Waals surface area contributed by atoms with Gasteiger partial charge in [-0.25, -0.2) is 0 Å². The summed E-state index contributed by atoms with van der Waals surface area (Å²) in [6.07, 6.45) is 10.2. The zero-order valence-electron chi connectivity index (χ0n) is 17.4. The fraction of sp³-hybridized carbons (Fsp3) is 0.385. The van der Waals surface area contributed by atoms with Crippen LogP contribution in [0.25, 0.3) is 10.9 Å². The van der Waals surface area contributed by atoms with Gasteiger partial charge in [-0.15, -0.1) is 0 Å². The summed E-state index contributed by atoms with van der Waals surface area (Å²) in [7, 11) is 0. The number of ketones is 1. The summed E-state index contributed by atoms with van der Waals surface area (Å²) in [6, 6.07) is 16.0. The summed E-state index contributed by atoms with van der Waals surface area (Å²) in [5, 5.41) is 1.19. The van der Waals surface area contributed by atoms with Gasteiger partial charge in [0, 0.05) is 29.1 Å². The molecular weight excluding hydrogens is 374 g/mol. The Bertz CT molecular complexity index is 997. The fourth-order valence-corrected chi connectivity index (χ4v) is 4.44. The van der Waals surface area contributed by atoms with E-state index in [9.17, 15) is 9.59 Å². The van der Waals surface area contributed by atoms with Gasteiger partial charge in [-0.1, -0.05) is 61.7 Å². The number of aryl methyl sites for hydroxylation is 1. The quantitative estimate of drug-likeness (QED) is 0.373. The lowest BCUT2D eigenvalue weighted by molar-refractivity contribution is -0.142. The summed E-state index contributed by atoms with van der Waals surface area (Å²) in [6.45, 7) is -0.186. The van der Waals surface area contributed by atoms with Gasteiger partial charge >= 0.3 is 5.97 Å². The van der Waals surface area contributed by atoms with E-state index in [-0.39, 0.29) is 18.4 Å². The smallest absolute Gasteiger partial charge is 0.306 e. The Morgan fingerprint density at radius 3 is 2.53 bits per heavy atom. The number of H-pyrrole nitrogens is 1. The number of rotatable bonds is 8. The Hall–Kier alpha value is -2.88. The van der Waals surface area contributed by atoms with Crippen molar-refractivity contribution in [2.24, 2.45) is 0 Å². The minimum absolute atomic E-state index is 0.143. The number of hydrogen-bond donors (Lipinski definition) is 1. The lowest BCUT2D eigenvalue weighted by Gasteiger charge is -2.22. The second-order valence-electron chi connectivity index (χ2n) is 8.25. The van der Waals surface area contributed by atoms with Gasteiger partial charge in [0.2, 0.25) is 0 Å². The summed E-state index contributed by atoms with van der Waals surface area (Å²) in [4.78, 5) is 27.7. The molecule has 4 heteroatoms. The molecule has 0 aliphatic heterocycles. The van der Waals surface area contributed by atoms with Crippen LogP contribution < -0.4 is 0 Å². The summed E-state index contributed by atoms with van der Waals surface area (Å²) < 4.78 is 5.22. The molecule has 4 rings (SSSR count). The predicted octanol–water partition coefficient (Wildman–Crippen LogP) is 5.96. The normalized spacial score (nSPS) is 14.7. The van der Waals surface area contributed by atoms with Crippen LogP contribution in [-0.4, -0.2) is 23.3 Å². The number of carbonyl (C=O) groups is 2. The molecule has 0 unspecified atom stereocenters. The molecule has 1 aliphatic rings. The Labute approximate surface area is 177 Å². The van der Waals surface area contributed by atoms with E-state index in [1.165, 1.54) is 48.6 Å². The van der Waals surface area contributed by atoms with Gasteiger partial charge in [-0.2, -0.15) is 0 Å². The van der Waals surface area contributed by atoms with E-state index in [4.69, 9.17) is 4.74 Å². The Balaban J connectivity index is 1.21. The Kier molecular flexibility index (Phi) is 6.63. The number of esters is 1. The highest BCUT2D eigenvalue weighted by molar-refractivity contribution is 5.98. The number of hydrogen-bond acceptors (Lipinski definition) is 3. The molecule has 4 nitrogen and oxygen atoms in total. The molecule has 1 saturated carbocycles. The highest BCUT2D eigenvalue weighted by atomic mass is 16.5. The number of ether oxygens (including phenoxy) is 1. The number of para-hydroxylation sites is 1. The van der Waals surface area contributed by atoms with Gasteiger partial charge in [-0.05, 0) is 48.8 Å². The van der Waals surface area contributed by atoms with Crippen molar-refractivity contribution in [1.29, 1.82) is 0 Å². The van der Waals surface area contributed by atoms with Crippen molar-refractivity contribution in [3.05, 3.63) is 71.4 Å². The Morgan fingerprint density at radius 1 is 0.967 bits per heavy atom. The molecule has 1 aliphatic carbocycles. The van der Waals surface area contributed by atoms with Crippen LogP contribution in [0.5, 0.6) is 0 Å². The summed E-state index contributed by atoms with van der Waals surface area (Å²) in [5.74, 6) is 0.162. The lowest BCUT2D eigenvalue weighted by atomic mass is 9.84. The van der Waals surface area contributed by atoms with E-state index in [2.05, 4.69) is 23.2 Å². The van der Waals surface area contributed by atoms with Crippen molar-refractivity contribution < 1.29 is 14.3 Å². The fourth-order valence-electron chi connectivity index (χ4n) is 4.44. The van der Waals surface area contributed by atoms with Crippen LogP contribution >= 0.6 is 0 Å². The van der Waals surface area contributed by atoms with E-state index in [0.717, 1.165) is 11.9 Å². The molecule has 0 radical (unpaired) electrons. The van der Waals surface area contributed by atoms with Crippen LogP contribution in [0.1, 0.15) is 72.3 Å². The molecule has 156 valence electrons. The molecule has 0 bridgehead atoms. The lowest BCUT2D eigenvalue weighted by Crippen LogP contribution is -2.14. The highest BCUT2D eigenvalue weighted by Gasteiger charge is 2.16. The number of Topliss-reactive ketones (excluding diaryl/α,β-unsaturated/α-hetero) is 1. The first-order chi connectivity index (χ1) is 14.7. The monoisotopic (exact) mass is 403 g/mol. The van der Waals surface area contributed by atoms with E-state index < -0.39 is 0 Å². The third kappa shape index (κ3) is 4.99. The van der Waals surface area contributed by atoms with E-state index in [1.54, 1.807) is 0 Å². The molecule has 0 atom stereocenters. The third-order valence-corrected chi connectivity index (χ3v) is 6.18. The third-order valence-electron chi connectivity index (χ3n) is 6.18. The van der Waals surface area contributed by atoms with Crippen LogP contribution in [0.4, 0.5) is 0 Å². The molecular formula is C26H29NO3. The van der Waals surface area contributed by atoms with Crippen molar-refractivity contribution >= 4 is 22.7 Å². The van der Waals surface area contributed by atoms with Crippen LogP contribution in [-0.2, 0) is 16.0 Å². The number of aromatic amines is 1. The molecule has 0 amide bonds. The van der Waals surface area contributed by atoms with Crippen LogP contribution in [0.2, 0.25) is 0 Å². The Morgan fingerprint density at radius 2 is 1.73 bits per heavy atom. The standard InChI is InChI=1S/C26H29NO3/c28-25(21-15-13-20(14-16-21)19-7-2-1-3-8-19)18-30-26(29)12-6-9-22-17-27-24-11-5-4-10-23(22)24/h4-5,10-11,13-17,19,27H,1-3,6-9,12,18H2. The van der Waals surface area contributed by atoms with E-state index in [0.29, 0.717) is 24.3 Å². The van der Waals surface area contributed by atoms with Gasteiger partial charge in [0.25, 0.3) is 0 Å². The number of benzene rings is 2.